The van der Waals surface area contributed by atoms with E-state index in [1.165, 1.54) is 66.4 Å². The van der Waals surface area contributed by atoms with E-state index in [1.54, 1.807) is 0 Å². The Morgan fingerprint density at radius 3 is 1.57 bits per heavy atom. The Bertz CT molecular complexity index is 3950. The quantitative estimate of drug-likeness (QED) is 0.167. The number of para-hydroxylation sites is 3. The Morgan fingerprint density at radius 2 is 0.794 bits per heavy atom. The Labute approximate surface area is 394 Å². The molecule has 316 valence electrons. The van der Waals surface area contributed by atoms with Gasteiger partial charge < -0.3 is 4.57 Å². The first-order valence-corrected chi connectivity index (χ1v) is 23.3. The maximum atomic E-state index is 5.46. The average molecular weight is 865 g/mol. The van der Waals surface area contributed by atoms with Crippen molar-refractivity contribution in [3.05, 3.63) is 265 Å². The molecular formula is C64H40N4. The van der Waals surface area contributed by atoms with Gasteiger partial charge in [-0.15, -0.1) is 0 Å². The SMILES string of the molecule is c1ccc(-c2ccc(-c3ccc4c(c3)-c3c(-c5nc(-c6ccccc6)nc(-c6cccc(-c7ccccc7)c6)n5)cccc3C43c4ccccc4-n4c5ccccc5c5cccc3c54)cc2)cc1. The van der Waals surface area contributed by atoms with Crippen molar-refractivity contribution in [3.63, 3.8) is 0 Å². The molecule has 0 bridgehead atoms. The third-order valence-electron chi connectivity index (χ3n) is 14.3. The van der Waals surface area contributed by atoms with Gasteiger partial charge in [0.25, 0.3) is 0 Å². The molecule has 0 saturated carbocycles. The Balaban J connectivity index is 1.05. The molecule has 12 aromatic rings. The van der Waals surface area contributed by atoms with Crippen LogP contribution in [0.2, 0.25) is 0 Å². The molecule has 0 N–H and O–H groups in total. The second-order valence-electron chi connectivity index (χ2n) is 17.9. The van der Waals surface area contributed by atoms with E-state index in [-0.39, 0.29) is 0 Å². The minimum atomic E-state index is -0.654. The maximum absolute atomic E-state index is 5.46. The van der Waals surface area contributed by atoms with Crippen LogP contribution in [0, 0.1) is 0 Å². The number of fused-ring (bicyclic) bond motifs is 12. The van der Waals surface area contributed by atoms with Crippen molar-refractivity contribution in [2.75, 3.05) is 0 Å². The molecule has 68 heavy (non-hydrogen) atoms. The maximum Gasteiger partial charge on any atom is 0.164 e. The van der Waals surface area contributed by atoms with Crippen LogP contribution < -0.4 is 0 Å². The molecule has 0 saturated heterocycles. The Hall–Kier alpha value is -8.99. The van der Waals surface area contributed by atoms with Gasteiger partial charge in [-0.2, -0.15) is 0 Å². The molecule has 2 aromatic heterocycles. The lowest BCUT2D eigenvalue weighted by Crippen LogP contribution is -2.33. The van der Waals surface area contributed by atoms with Crippen LogP contribution in [-0.2, 0) is 5.41 Å². The summed E-state index contributed by atoms with van der Waals surface area (Å²) in [6.45, 7) is 0. The normalized spacial score (nSPS) is 14.2. The summed E-state index contributed by atoms with van der Waals surface area (Å²) in [6, 6.07) is 87.6. The lowest BCUT2D eigenvalue weighted by atomic mass is 9.65. The summed E-state index contributed by atoms with van der Waals surface area (Å²) in [5.74, 6) is 1.89. The zero-order valence-corrected chi connectivity index (χ0v) is 36.9. The van der Waals surface area contributed by atoms with Gasteiger partial charge in [0.2, 0.25) is 0 Å². The number of benzene rings is 10. The zero-order valence-electron chi connectivity index (χ0n) is 36.9. The second-order valence-corrected chi connectivity index (χ2v) is 17.9. The van der Waals surface area contributed by atoms with Crippen LogP contribution >= 0.6 is 0 Å². The molecule has 3 heterocycles. The molecule has 0 fully saturated rings. The van der Waals surface area contributed by atoms with Crippen LogP contribution in [0.25, 0.3) is 106 Å². The fourth-order valence-electron chi connectivity index (χ4n) is 11.3. The lowest BCUT2D eigenvalue weighted by Gasteiger charge is -2.39. The highest BCUT2D eigenvalue weighted by atomic mass is 15.0. The average Bonchev–Trinajstić information content (AvgIpc) is 3.92. The molecule has 4 heteroatoms. The van der Waals surface area contributed by atoms with Crippen molar-refractivity contribution < 1.29 is 0 Å². The summed E-state index contributed by atoms with van der Waals surface area (Å²) in [7, 11) is 0. The fourth-order valence-corrected chi connectivity index (χ4v) is 11.3. The van der Waals surface area contributed by atoms with Gasteiger partial charge in [-0.05, 0) is 91.0 Å². The van der Waals surface area contributed by atoms with Crippen LogP contribution in [0.15, 0.2) is 243 Å². The van der Waals surface area contributed by atoms with Gasteiger partial charge in [0.05, 0.1) is 22.1 Å². The first kappa shape index (κ1) is 38.3. The van der Waals surface area contributed by atoms with Crippen molar-refractivity contribution in [3.8, 4) is 84.4 Å². The molecule has 14 rings (SSSR count). The van der Waals surface area contributed by atoms with Crippen molar-refractivity contribution in [2.24, 2.45) is 0 Å². The first-order chi connectivity index (χ1) is 33.7. The van der Waals surface area contributed by atoms with Gasteiger partial charge in [-0.25, -0.2) is 15.0 Å². The summed E-state index contributed by atoms with van der Waals surface area (Å²) < 4.78 is 2.50. The first-order valence-electron chi connectivity index (χ1n) is 23.3. The highest BCUT2D eigenvalue weighted by Gasteiger charge is 2.51. The summed E-state index contributed by atoms with van der Waals surface area (Å²) in [4.78, 5) is 16.1. The molecule has 1 unspecified atom stereocenters. The summed E-state index contributed by atoms with van der Waals surface area (Å²) in [5.41, 5.74) is 20.0. The van der Waals surface area contributed by atoms with E-state index in [1.807, 2.05) is 18.2 Å². The van der Waals surface area contributed by atoms with Crippen LogP contribution in [0.4, 0.5) is 0 Å². The van der Waals surface area contributed by atoms with E-state index in [9.17, 15) is 0 Å². The summed E-state index contributed by atoms with van der Waals surface area (Å²) in [5, 5.41) is 2.50. The van der Waals surface area contributed by atoms with E-state index in [2.05, 4.69) is 229 Å². The van der Waals surface area contributed by atoms with Crippen molar-refractivity contribution in [1.29, 1.82) is 0 Å². The van der Waals surface area contributed by atoms with Crippen LogP contribution in [0.1, 0.15) is 22.3 Å². The monoisotopic (exact) mass is 864 g/mol. The molecule has 1 spiro atoms. The van der Waals surface area contributed by atoms with E-state index in [4.69, 9.17) is 15.0 Å². The molecule has 1 aliphatic carbocycles. The third kappa shape index (κ3) is 5.64. The van der Waals surface area contributed by atoms with E-state index >= 15 is 0 Å². The Kier molecular flexibility index (Phi) is 8.46. The second kappa shape index (κ2) is 15.0. The number of aromatic nitrogens is 4. The zero-order chi connectivity index (χ0) is 44.8. The molecule has 4 nitrogen and oxygen atoms in total. The minimum Gasteiger partial charge on any atom is -0.309 e. The largest absolute Gasteiger partial charge is 0.309 e. The predicted octanol–water partition coefficient (Wildman–Crippen LogP) is 15.6. The van der Waals surface area contributed by atoms with Crippen LogP contribution in [-0.4, -0.2) is 19.5 Å². The Morgan fingerprint density at radius 1 is 0.294 bits per heavy atom. The minimum absolute atomic E-state index is 0.627. The van der Waals surface area contributed by atoms with E-state index < -0.39 is 5.41 Å². The fraction of sp³-hybridized carbons (Fsp3) is 0.0156. The van der Waals surface area contributed by atoms with Crippen LogP contribution in [0.3, 0.4) is 0 Å². The lowest BCUT2D eigenvalue weighted by molar-refractivity contribution is 0.748. The van der Waals surface area contributed by atoms with Crippen molar-refractivity contribution in [2.45, 2.75) is 5.41 Å². The highest BCUT2D eigenvalue weighted by Crippen LogP contribution is 2.62. The number of hydrogen-bond donors (Lipinski definition) is 0. The molecule has 0 amide bonds. The summed E-state index contributed by atoms with van der Waals surface area (Å²) in [6.07, 6.45) is 0. The van der Waals surface area contributed by atoms with Crippen molar-refractivity contribution >= 4 is 21.8 Å². The van der Waals surface area contributed by atoms with Gasteiger partial charge in [0.15, 0.2) is 17.5 Å². The number of rotatable bonds is 6. The predicted molar refractivity (Wildman–Crippen MR) is 278 cm³/mol. The summed E-state index contributed by atoms with van der Waals surface area (Å²) >= 11 is 0. The molecule has 10 aromatic carbocycles. The number of hydrogen-bond acceptors (Lipinski definition) is 3. The molecule has 0 radical (unpaired) electrons. The van der Waals surface area contributed by atoms with Gasteiger partial charge >= 0.3 is 0 Å². The molecule has 1 atom stereocenters. The van der Waals surface area contributed by atoms with E-state index in [0.29, 0.717) is 17.5 Å². The van der Waals surface area contributed by atoms with Gasteiger partial charge in [0.1, 0.15) is 0 Å². The molecular weight excluding hydrogens is 825 g/mol. The third-order valence-corrected chi connectivity index (χ3v) is 14.3. The van der Waals surface area contributed by atoms with Gasteiger partial charge in [-0.1, -0.05) is 218 Å². The smallest absolute Gasteiger partial charge is 0.164 e. The standard InChI is InChI=1S/C64H40N4/c1-4-17-41(18-5-1)43-33-35-44(36-34-43)47-37-38-53-52(40-47)59-51(63-66-61(45-21-8-3-9-22-45)65-62(67-63)48-24-14-23-46(39-48)42-19-6-2-7-20-42)27-16-29-55(59)64(53)54-28-11-13-32-58(54)68-57-31-12-10-25-49(57)50-26-15-30-56(64)60(50)68/h1-40H. The molecule has 1 aliphatic heterocycles. The van der Waals surface area contributed by atoms with E-state index in [0.717, 1.165) is 44.5 Å². The van der Waals surface area contributed by atoms with Crippen LogP contribution in [0.5, 0.6) is 0 Å². The number of nitrogens with zero attached hydrogens (tertiary/aromatic N) is 4. The van der Waals surface area contributed by atoms with Crippen molar-refractivity contribution in [1.82, 2.24) is 19.5 Å². The highest BCUT2D eigenvalue weighted by molar-refractivity contribution is 6.13. The molecule has 2 aliphatic rings. The van der Waals surface area contributed by atoms with Gasteiger partial charge in [-0.3, -0.25) is 0 Å². The van der Waals surface area contributed by atoms with Gasteiger partial charge in [0, 0.05) is 27.5 Å². The topological polar surface area (TPSA) is 43.6 Å².